The van der Waals surface area contributed by atoms with E-state index in [1.165, 1.54) is 100 Å². The summed E-state index contributed by atoms with van der Waals surface area (Å²) < 4.78 is 0. The molecule has 0 aromatic heterocycles. The fraction of sp³-hybridized carbons (Fsp3) is 0.0704. The van der Waals surface area contributed by atoms with Crippen molar-refractivity contribution in [2.24, 2.45) is 0 Å². The Morgan fingerprint density at radius 2 is 0.597 bits per heavy atom. The van der Waals surface area contributed by atoms with Gasteiger partial charge in [0.15, 0.2) is 0 Å². The van der Waals surface area contributed by atoms with Crippen molar-refractivity contribution >= 4 is 17.1 Å². The minimum Gasteiger partial charge on any atom is -0.310 e. The van der Waals surface area contributed by atoms with Crippen molar-refractivity contribution in [1.29, 1.82) is 0 Å². The van der Waals surface area contributed by atoms with E-state index in [2.05, 4.69) is 292 Å². The Kier molecular flexibility index (Phi) is 9.44. The zero-order valence-corrected chi connectivity index (χ0v) is 40.4. The van der Waals surface area contributed by atoms with Crippen LogP contribution >= 0.6 is 0 Å². The summed E-state index contributed by atoms with van der Waals surface area (Å²) in [4.78, 5) is 2.59. The molecule has 0 unspecified atom stereocenters. The molecule has 1 nitrogen and oxygen atoms in total. The summed E-state index contributed by atoms with van der Waals surface area (Å²) in [5.74, 6) is 0. The molecule has 11 aromatic rings. The second kappa shape index (κ2) is 16.1. The topological polar surface area (TPSA) is 3.24 Å². The molecule has 1 heteroatoms. The Labute approximate surface area is 423 Å². The molecule has 3 aliphatic carbocycles. The molecule has 340 valence electrons. The van der Waals surface area contributed by atoms with Gasteiger partial charge in [0.05, 0.1) is 16.5 Å². The van der Waals surface area contributed by atoms with Crippen molar-refractivity contribution in [3.8, 4) is 44.5 Å². The molecule has 14 rings (SSSR count). The Morgan fingerprint density at radius 1 is 0.250 bits per heavy atom. The molecular formula is C71H51N. The first-order valence-electron chi connectivity index (χ1n) is 25.3. The fourth-order valence-electron chi connectivity index (χ4n) is 13.3. The van der Waals surface area contributed by atoms with Crippen LogP contribution in [0.5, 0.6) is 0 Å². The lowest BCUT2D eigenvalue weighted by Crippen LogP contribution is -2.29. The molecule has 3 aliphatic rings. The van der Waals surface area contributed by atoms with E-state index < -0.39 is 10.8 Å². The zero-order valence-electron chi connectivity index (χ0n) is 40.4. The summed E-state index contributed by atoms with van der Waals surface area (Å²) in [7, 11) is 0. The third-order valence-electron chi connectivity index (χ3n) is 16.4. The number of anilines is 3. The highest BCUT2D eigenvalue weighted by atomic mass is 15.1. The van der Waals surface area contributed by atoms with Gasteiger partial charge in [-0.05, 0) is 131 Å². The lowest BCUT2D eigenvalue weighted by molar-refractivity contribution is 0.660. The number of nitrogens with zero attached hydrogens (tertiary/aromatic N) is 1. The van der Waals surface area contributed by atoms with Crippen LogP contribution in [0, 0.1) is 0 Å². The second-order valence-electron chi connectivity index (χ2n) is 20.3. The van der Waals surface area contributed by atoms with Crippen LogP contribution in [0.25, 0.3) is 44.5 Å². The Morgan fingerprint density at radius 3 is 1.08 bits per heavy atom. The monoisotopic (exact) mass is 917 g/mol. The summed E-state index contributed by atoms with van der Waals surface area (Å²) in [6, 6.07) is 103. The summed E-state index contributed by atoms with van der Waals surface area (Å²) in [5.41, 5.74) is 24.8. The number of benzene rings is 11. The highest BCUT2D eigenvalue weighted by Crippen LogP contribution is 2.61. The Hall–Kier alpha value is -8.78. The molecule has 0 aliphatic heterocycles. The van der Waals surface area contributed by atoms with E-state index in [-0.39, 0.29) is 5.41 Å². The van der Waals surface area contributed by atoms with Crippen LogP contribution in [0.1, 0.15) is 69.5 Å². The van der Waals surface area contributed by atoms with Crippen molar-refractivity contribution < 1.29 is 0 Å². The molecule has 0 N–H and O–H groups in total. The van der Waals surface area contributed by atoms with Gasteiger partial charge >= 0.3 is 0 Å². The molecule has 0 saturated carbocycles. The summed E-state index contributed by atoms with van der Waals surface area (Å²) in [5, 5.41) is 0. The molecule has 0 spiro atoms. The van der Waals surface area contributed by atoms with Gasteiger partial charge in [0.2, 0.25) is 0 Å². The molecule has 0 bridgehead atoms. The standard InChI is InChI=1S/C71H51N/c1-69(2)62-37-21-18-34-55(62)58-42-40-53(44-65(58)69)72(54-41-43-59-56-35-19-22-38-63(56)70(66(59)45-54,49-26-10-4-11-27-49)50-28-12-5-13-29-50)68-47-67-61(46-60(68)48-24-8-3-9-25-48)57-36-20-23-39-64(57)71(67,51-30-14-6-15-31-51)52-32-16-7-17-33-52/h3-47H,1-2H3. The van der Waals surface area contributed by atoms with Gasteiger partial charge in [0.1, 0.15) is 0 Å². The van der Waals surface area contributed by atoms with Gasteiger partial charge in [-0.2, -0.15) is 0 Å². The lowest BCUT2D eigenvalue weighted by Gasteiger charge is -2.36. The van der Waals surface area contributed by atoms with Crippen LogP contribution in [-0.2, 0) is 16.2 Å². The maximum Gasteiger partial charge on any atom is 0.0714 e. The van der Waals surface area contributed by atoms with Crippen LogP contribution in [-0.4, -0.2) is 0 Å². The van der Waals surface area contributed by atoms with Gasteiger partial charge < -0.3 is 4.90 Å². The van der Waals surface area contributed by atoms with Gasteiger partial charge in [0.25, 0.3) is 0 Å². The number of hydrogen-bond donors (Lipinski definition) is 0. The first-order chi connectivity index (χ1) is 35.5. The average Bonchev–Trinajstić information content (AvgIpc) is 4.00. The minimum absolute atomic E-state index is 0.208. The van der Waals surface area contributed by atoms with E-state index in [0.29, 0.717) is 0 Å². The number of rotatable bonds is 8. The molecule has 72 heavy (non-hydrogen) atoms. The lowest BCUT2D eigenvalue weighted by atomic mass is 9.67. The molecule has 0 amide bonds. The quantitative estimate of drug-likeness (QED) is 0.147. The van der Waals surface area contributed by atoms with E-state index in [1.807, 2.05) is 0 Å². The maximum atomic E-state index is 2.59. The van der Waals surface area contributed by atoms with Crippen LogP contribution in [0.4, 0.5) is 17.1 Å². The number of fused-ring (bicyclic) bond motifs is 9. The van der Waals surface area contributed by atoms with E-state index in [4.69, 9.17) is 0 Å². The summed E-state index contributed by atoms with van der Waals surface area (Å²) >= 11 is 0. The van der Waals surface area contributed by atoms with Crippen LogP contribution in [0.2, 0.25) is 0 Å². The van der Waals surface area contributed by atoms with Crippen molar-refractivity contribution in [3.05, 3.63) is 329 Å². The van der Waals surface area contributed by atoms with Crippen LogP contribution < -0.4 is 4.90 Å². The normalized spacial score (nSPS) is 14.6. The molecule has 0 saturated heterocycles. The van der Waals surface area contributed by atoms with Crippen molar-refractivity contribution in [1.82, 2.24) is 0 Å². The second-order valence-corrected chi connectivity index (χ2v) is 20.3. The van der Waals surface area contributed by atoms with E-state index in [1.54, 1.807) is 0 Å². The van der Waals surface area contributed by atoms with E-state index in [9.17, 15) is 0 Å². The van der Waals surface area contributed by atoms with Crippen molar-refractivity contribution in [2.75, 3.05) is 4.90 Å². The number of hydrogen-bond acceptors (Lipinski definition) is 1. The van der Waals surface area contributed by atoms with E-state index in [0.717, 1.165) is 17.1 Å². The summed E-state index contributed by atoms with van der Waals surface area (Å²) in [6.07, 6.45) is 0. The Balaban J connectivity index is 1.11. The van der Waals surface area contributed by atoms with Crippen molar-refractivity contribution in [2.45, 2.75) is 30.1 Å². The highest BCUT2D eigenvalue weighted by molar-refractivity contribution is 5.98. The van der Waals surface area contributed by atoms with Crippen LogP contribution in [0.3, 0.4) is 0 Å². The molecule has 0 atom stereocenters. The third kappa shape index (κ3) is 5.89. The largest absolute Gasteiger partial charge is 0.310 e. The van der Waals surface area contributed by atoms with Crippen molar-refractivity contribution in [3.63, 3.8) is 0 Å². The molecule has 11 aromatic carbocycles. The smallest absolute Gasteiger partial charge is 0.0714 e. The molecular weight excluding hydrogens is 867 g/mol. The zero-order chi connectivity index (χ0) is 48.0. The SMILES string of the molecule is CC1(C)c2ccccc2-c2ccc(N(c3ccc4c(c3)C(c3ccccc3)(c3ccccc3)c3ccccc3-4)c3cc4c(cc3-c3ccccc3)-c3ccccc3C4(c3ccccc3)c3ccccc3)cc21. The van der Waals surface area contributed by atoms with Gasteiger partial charge in [-0.15, -0.1) is 0 Å². The Bertz CT molecular complexity index is 3790. The first-order valence-corrected chi connectivity index (χ1v) is 25.3. The van der Waals surface area contributed by atoms with Crippen LogP contribution in [0.15, 0.2) is 273 Å². The predicted molar refractivity (Wildman–Crippen MR) is 299 cm³/mol. The van der Waals surface area contributed by atoms with E-state index >= 15 is 0 Å². The average molecular weight is 918 g/mol. The van der Waals surface area contributed by atoms with Gasteiger partial charge in [-0.1, -0.05) is 250 Å². The maximum absolute atomic E-state index is 2.59. The fourth-order valence-corrected chi connectivity index (χ4v) is 13.3. The first kappa shape index (κ1) is 42.1. The highest BCUT2D eigenvalue weighted by Gasteiger charge is 2.49. The molecule has 0 fully saturated rings. The molecule has 0 radical (unpaired) electrons. The third-order valence-corrected chi connectivity index (χ3v) is 16.4. The summed E-state index contributed by atoms with van der Waals surface area (Å²) in [6.45, 7) is 4.78. The predicted octanol–water partition coefficient (Wildman–Crippen LogP) is 17.9. The van der Waals surface area contributed by atoms with Gasteiger partial charge in [-0.25, -0.2) is 0 Å². The van der Waals surface area contributed by atoms with Gasteiger partial charge in [-0.3, -0.25) is 0 Å². The van der Waals surface area contributed by atoms with Gasteiger partial charge in [0, 0.05) is 22.4 Å². The minimum atomic E-state index is -0.596. The molecule has 0 heterocycles.